The van der Waals surface area contributed by atoms with Crippen molar-refractivity contribution in [1.29, 1.82) is 0 Å². The Kier molecular flexibility index (Phi) is 7.29. The van der Waals surface area contributed by atoms with E-state index in [1.54, 1.807) is 0 Å². The Bertz CT molecular complexity index is 2870. The second-order valence-electron chi connectivity index (χ2n) is 17.4. The van der Waals surface area contributed by atoms with E-state index in [-0.39, 0.29) is 10.8 Å². The van der Waals surface area contributed by atoms with Gasteiger partial charge < -0.3 is 0 Å². The van der Waals surface area contributed by atoms with E-state index in [9.17, 15) is 0 Å². The van der Waals surface area contributed by atoms with Gasteiger partial charge in [-0.2, -0.15) is 0 Å². The highest BCUT2D eigenvalue weighted by Crippen LogP contribution is 2.63. The fraction of sp³-hybridized carbons (Fsp3) is 0.167. The molecule has 0 aliphatic heterocycles. The van der Waals surface area contributed by atoms with E-state index in [0.717, 1.165) is 34.2 Å². The van der Waals surface area contributed by atoms with Crippen LogP contribution in [-0.2, 0) is 16.2 Å². The summed E-state index contributed by atoms with van der Waals surface area (Å²) in [6.45, 7) is 9.50. The van der Waals surface area contributed by atoms with E-state index in [1.807, 2.05) is 0 Å². The normalized spacial score (nSPS) is 16.0. The van der Waals surface area contributed by atoms with Crippen LogP contribution in [0.3, 0.4) is 0 Å². The molecule has 0 amide bonds. The Morgan fingerprint density at radius 3 is 1.33 bits per heavy atom. The molecule has 0 atom stereocenters. The summed E-state index contributed by atoms with van der Waals surface area (Å²) in [5, 5.41) is 0. The molecule has 8 aromatic rings. The first kappa shape index (κ1) is 33.9. The lowest BCUT2D eigenvalue weighted by molar-refractivity contribution is 0.332. The molecule has 3 nitrogen and oxygen atoms in total. The standard InChI is InChI=1S/C54H43N3/c1-52(2)30-31-53(3,4)48-33-36(27-29-47(48)52)50-55-49(56-51(57-50)41-22-9-8-18-37(41)34-16-6-5-7-17-34)35-26-28-46-42(32-35)40-21-12-15-25-45(40)54(46)43-23-13-10-19-38(43)39-20-11-14-24-44(39)54/h5-29,32-33H,30-31H2,1-4H3. The van der Waals surface area contributed by atoms with Crippen molar-refractivity contribution in [2.75, 3.05) is 0 Å². The molecule has 3 heteroatoms. The molecule has 7 aromatic carbocycles. The summed E-state index contributed by atoms with van der Waals surface area (Å²) in [6, 6.07) is 59.7. The molecule has 0 bridgehead atoms. The van der Waals surface area contributed by atoms with Gasteiger partial charge in [-0.3, -0.25) is 0 Å². The maximum atomic E-state index is 5.35. The third kappa shape index (κ3) is 4.94. The van der Waals surface area contributed by atoms with Gasteiger partial charge in [0.2, 0.25) is 0 Å². The van der Waals surface area contributed by atoms with Gasteiger partial charge in [0.25, 0.3) is 0 Å². The van der Waals surface area contributed by atoms with Crippen LogP contribution >= 0.6 is 0 Å². The monoisotopic (exact) mass is 733 g/mol. The van der Waals surface area contributed by atoms with Crippen LogP contribution in [0.4, 0.5) is 0 Å². The molecule has 57 heavy (non-hydrogen) atoms. The second-order valence-corrected chi connectivity index (χ2v) is 17.4. The zero-order valence-electron chi connectivity index (χ0n) is 32.8. The summed E-state index contributed by atoms with van der Waals surface area (Å²) in [5.41, 5.74) is 18.2. The van der Waals surface area contributed by atoms with Crippen LogP contribution in [0.1, 0.15) is 73.9 Å². The van der Waals surface area contributed by atoms with Gasteiger partial charge in [-0.1, -0.05) is 179 Å². The van der Waals surface area contributed by atoms with E-state index in [2.05, 4.69) is 191 Å². The number of benzene rings is 7. The predicted molar refractivity (Wildman–Crippen MR) is 233 cm³/mol. The highest BCUT2D eigenvalue weighted by Gasteiger charge is 2.51. The second kappa shape index (κ2) is 12.3. The zero-order valence-corrected chi connectivity index (χ0v) is 32.8. The van der Waals surface area contributed by atoms with E-state index in [0.29, 0.717) is 17.5 Å². The number of hydrogen-bond donors (Lipinski definition) is 0. The van der Waals surface area contributed by atoms with Gasteiger partial charge in [0.05, 0.1) is 5.41 Å². The number of nitrogens with zero attached hydrogens (tertiary/aromatic N) is 3. The van der Waals surface area contributed by atoms with Crippen molar-refractivity contribution in [1.82, 2.24) is 15.0 Å². The fourth-order valence-electron chi connectivity index (χ4n) is 10.3. The zero-order chi connectivity index (χ0) is 38.5. The Morgan fingerprint density at radius 2 is 0.737 bits per heavy atom. The molecular weight excluding hydrogens is 691 g/mol. The largest absolute Gasteiger partial charge is 0.208 e. The van der Waals surface area contributed by atoms with Crippen LogP contribution in [0.2, 0.25) is 0 Å². The lowest BCUT2D eigenvalue weighted by Crippen LogP contribution is -2.33. The van der Waals surface area contributed by atoms with Crippen molar-refractivity contribution < 1.29 is 0 Å². The third-order valence-electron chi connectivity index (χ3n) is 13.3. The summed E-state index contributed by atoms with van der Waals surface area (Å²) in [6.07, 6.45) is 2.31. The molecule has 1 heterocycles. The highest BCUT2D eigenvalue weighted by molar-refractivity contribution is 5.96. The van der Waals surface area contributed by atoms with Crippen LogP contribution < -0.4 is 0 Å². The van der Waals surface area contributed by atoms with Gasteiger partial charge in [0.1, 0.15) is 0 Å². The molecule has 0 N–H and O–H groups in total. The molecule has 274 valence electrons. The van der Waals surface area contributed by atoms with Gasteiger partial charge in [0.15, 0.2) is 17.5 Å². The quantitative estimate of drug-likeness (QED) is 0.181. The molecule has 0 fully saturated rings. The van der Waals surface area contributed by atoms with Gasteiger partial charge >= 0.3 is 0 Å². The Labute approximate surface area is 335 Å². The van der Waals surface area contributed by atoms with E-state index in [1.165, 1.54) is 62.1 Å². The van der Waals surface area contributed by atoms with Crippen molar-refractivity contribution >= 4 is 0 Å². The first-order chi connectivity index (χ1) is 27.7. The SMILES string of the molecule is CC1(C)CCC(C)(C)c2cc(-c3nc(-c4ccc5c(c4)-c4ccccc4C54c5ccccc5-c5ccccc54)nc(-c4ccccc4-c4ccccc4)n3)ccc21. The van der Waals surface area contributed by atoms with Gasteiger partial charge in [-0.25, -0.2) is 15.0 Å². The number of fused-ring (bicyclic) bond motifs is 11. The Hall–Kier alpha value is -6.45. The third-order valence-corrected chi connectivity index (χ3v) is 13.3. The maximum absolute atomic E-state index is 5.35. The molecular formula is C54H43N3. The molecule has 3 aliphatic carbocycles. The molecule has 0 unspecified atom stereocenters. The first-order valence-electron chi connectivity index (χ1n) is 20.2. The molecule has 1 aromatic heterocycles. The number of aromatic nitrogens is 3. The molecule has 1 spiro atoms. The molecule has 3 aliphatic rings. The Morgan fingerprint density at radius 1 is 0.316 bits per heavy atom. The summed E-state index contributed by atoms with van der Waals surface area (Å²) in [4.78, 5) is 16.0. The van der Waals surface area contributed by atoms with Gasteiger partial charge in [-0.15, -0.1) is 0 Å². The first-order valence-corrected chi connectivity index (χ1v) is 20.2. The lowest BCUT2D eigenvalue weighted by atomic mass is 9.63. The minimum Gasteiger partial charge on any atom is -0.208 e. The summed E-state index contributed by atoms with van der Waals surface area (Å²) in [5.74, 6) is 2.03. The molecule has 0 saturated carbocycles. The Balaban J connectivity index is 1.14. The average Bonchev–Trinajstić information content (AvgIpc) is 3.72. The molecule has 0 saturated heterocycles. The lowest BCUT2D eigenvalue weighted by Gasteiger charge is -2.42. The van der Waals surface area contributed by atoms with Gasteiger partial charge in [0, 0.05) is 16.7 Å². The van der Waals surface area contributed by atoms with Crippen LogP contribution in [-0.4, -0.2) is 15.0 Å². The van der Waals surface area contributed by atoms with Crippen molar-refractivity contribution in [2.24, 2.45) is 0 Å². The molecule has 0 radical (unpaired) electrons. The van der Waals surface area contributed by atoms with Crippen molar-refractivity contribution in [2.45, 2.75) is 56.8 Å². The summed E-state index contributed by atoms with van der Waals surface area (Å²) in [7, 11) is 0. The number of rotatable bonds is 4. The minimum absolute atomic E-state index is 0.0558. The predicted octanol–water partition coefficient (Wildman–Crippen LogP) is 13.2. The van der Waals surface area contributed by atoms with Crippen molar-refractivity contribution in [3.05, 3.63) is 197 Å². The van der Waals surface area contributed by atoms with Gasteiger partial charge in [-0.05, 0) is 103 Å². The number of hydrogen-bond acceptors (Lipinski definition) is 3. The van der Waals surface area contributed by atoms with E-state index >= 15 is 0 Å². The summed E-state index contributed by atoms with van der Waals surface area (Å²) < 4.78 is 0. The van der Waals surface area contributed by atoms with Crippen molar-refractivity contribution in [3.63, 3.8) is 0 Å². The average molecular weight is 734 g/mol. The maximum Gasteiger partial charge on any atom is 0.164 e. The molecule has 11 rings (SSSR count). The van der Waals surface area contributed by atoms with E-state index < -0.39 is 5.41 Å². The van der Waals surface area contributed by atoms with Crippen molar-refractivity contribution in [3.8, 4) is 67.5 Å². The van der Waals surface area contributed by atoms with Crippen LogP contribution in [0.15, 0.2) is 164 Å². The summed E-state index contributed by atoms with van der Waals surface area (Å²) >= 11 is 0. The van der Waals surface area contributed by atoms with Crippen LogP contribution in [0, 0.1) is 0 Å². The minimum atomic E-state index is -0.397. The van der Waals surface area contributed by atoms with Crippen LogP contribution in [0.5, 0.6) is 0 Å². The highest BCUT2D eigenvalue weighted by atomic mass is 15.0. The van der Waals surface area contributed by atoms with Crippen LogP contribution in [0.25, 0.3) is 67.5 Å². The topological polar surface area (TPSA) is 38.7 Å². The van der Waals surface area contributed by atoms with E-state index in [4.69, 9.17) is 15.0 Å². The smallest absolute Gasteiger partial charge is 0.164 e. The fourth-order valence-corrected chi connectivity index (χ4v) is 10.3.